The fraction of sp³-hybridized carbons (Fsp3) is 0.0769. The van der Waals surface area contributed by atoms with Crippen LogP contribution in [0.4, 0.5) is 0 Å². The molecule has 0 amide bonds. The van der Waals surface area contributed by atoms with Crippen molar-refractivity contribution in [1.29, 1.82) is 0 Å². The Morgan fingerprint density at radius 3 is 2.59 bits per heavy atom. The van der Waals surface area contributed by atoms with Crippen LogP contribution in [-0.2, 0) is 6.61 Å². The lowest BCUT2D eigenvalue weighted by Gasteiger charge is -2.08. The molecule has 0 heterocycles. The largest absolute Gasteiger partial charge is 0.487 e. The first-order chi connectivity index (χ1) is 8.15. The number of hydrogen-bond acceptors (Lipinski definition) is 1. The third-order valence-corrected chi connectivity index (χ3v) is 2.77. The number of halogens is 2. The minimum Gasteiger partial charge on any atom is -0.487 e. The highest BCUT2D eigenvalue weighted by Gasteiger charge is 2.02. The molecule has 0 aliphatic carbocycles. The lowest BCUT2D eigenvalue weighted by molar-refractivity contribution is 0.306. The van der Waals surface area contributed by atoms with Crippen molar-refractivity contribution in [1.82, 2.24) is 0 Å². The van der Waals surface area contributed by atoms with Gasteiger partial charge in [-0.1, -0.05) is 46.9 Å². The molecule has 2 aromatic rings. The van der Waals surface area contributed by atoms with Crippen molar-refractivity contribution in [2.24, 2.45) is 0 Å². The third kappa shape index (κ3) is 3.42. The molecule has 0 atom stereocenters. The minimum absolute atomic E-state index is 0.421. The van der Waals surface area contributed by atoms with E-state index in [2.05, 4.69) is 0 Å². The molecule has 4 heteroatoms. The Hall–Kier alpha value is -1.12. The van der Waals surface area contributed by atoms with Crippen LogP contribution < -0.4 is 10.2 Å². The molecule has 2 rings (SSSR count). The Morgan fingerprint density at radius 2 is 1.88 bits per heavy atom. The second kappa shape index (κ2) is 5.48. The summed E-state index contributed by atoms with van der Waals surface area (Å²) in [6.45, 7) is 0.421. The van der Waals surface area contributed by atoms with Gasteiger partial charge in [-0.15, -0.1) is 0 Å². The smallest absolute Gasteiger partial charge is 0.138 e. The topological polar surface area (TPSA) is 9.23 Å². The zero-order valence-electron chi connectivity index (χ0n) is 8.99. The van der Waals surface area contributed by atoms with Crippen molar-refractivity contribution < 1.29 is 4.74 Å². The molecule has 0 aliphatic rings. The predicted octanol–water partition coefficient (Wildman–Crippen LogP) is 3.37. The lowest BCUT2D eigenvalue weighted by Crippen LogP contribution is -2.02. The Labute approximate surface area is 112 Å². The summed E-state index contributed by atoms with van der Waals surface area (Å²) in [6.07, 6.45) is 0. The molecule has 0 bridgehead atoms. The quantitative estimate of drug-likeness (QED) is 0.771. The molecule has 0 unspecified atom stereocenters. The van der Waals surface area contributed by atoms with Crippen molar-refractivity contribution >= 4 is 36.5 Å². The van der Waals surface area contributed by atoms with E-state index in [-0.39, 0.29) is 0 Å². The van der Waals surface area contributed by atoms with E-state index in [0.717, 1.165) is 5.56 Å². The summed E-state index contributed by atoms with van der Waals surface area (Å²) >= 11 is 11.9. The van der Waals surface area contributed by atoms with Crippen molar-refractivity contribution in [2.45, 2.75) is 6.61 Å². The standard InChI is InChI=1S/C13H9BCl2O/c14-10-4-5-13(12(16)7-10)17-8-9-2-1-3-11(15)6-9/h1-7H,8H2. The zero-order chi connectivity index (χ0) is 12.3. The molecule has 17 heavy (non-hydrogen) atoms. The summed E-state index contributed by atoms with van der Waals surface area (Å²) < 4.78 is 5.59. The molecule has 2 aromatic carbocycles. The maximum absolute atomic E-state index is 6.00. The van der Waals surface area contributed by atoms with Gasteiger partial charge in [-0.3, -0.25) is 0 Å². The average Bonchev–Trinajstić information content (AvgIpc) is 2.28. The Balaban J connectivity index is 2.07. The van der Waals surface area contributed by atoms with E-state index >= 15 is 0 Å². The fourth-order valence-electron chi connectivity index (χ4n) is 1.42. The Bertz CT molecular complexity index is 529. The lowest BCUT2D eigenvalue weighted by atomic mass is 9.97. The molecule has 0 saturated carbocycles. The van der Waals surface area contributed by atoms with Crippen LogP contribution in [0, 0.1) is 0 Å². The summed E-state index contributed by atoms with van der Waals surface area (Å²) in [5, 5.41) is 1.20. The molecule has 1 nitrogen and oxygen atoms in total. The van der Waals surface area contributed by atoms with Gasteiger partial charge in [-0.2, -0.15) is 0 Å². The maximum Gasteiger partial charge on any atom is 0.138 e. The van der Waals surface area contributed by atoms with Crippen LogP contribution in [0.3, 0.4) is 0 Å². The normalized spacial score (nSPS) is 10.2. The van der Waals surface area contributed by atoms with Gasteiger partial charge in [0, 0.05) is 5.02 Å². The molecule has 84 valence electrons. The third-order valence-electron chi connectivity index (χ3n) is 2.24. The highest BCUT2D eigenvalue weighted by atomic mass is 35.5. The van der Waals surface area contributed by atoms with E-state index in [4.69, 9.17) is 35.8 Å². The van der Waals surface area contributed by atoms with Crippen LogP contribution in [0.5, 0.6) is 5.75 Å². The zero-order valence-corrected chi connectivity index (χ0v) is 10.5. The SMILES string of the molecule is [B]c1ccc(OCc2cccc(Cl)c2)c(Cl)c1. The van der Waals surface area contributed by atoms with Crippen molar-refractivity contribution in [3.8, 4) is 5.75 Å². The van der Waals surface area contributed by atoms with E-state index in [9.17, 15) is 0 Å². The number of hydrogen-bond donors (Lipinski definition) is 0. The second-order valence-electron chi connectivity index (χ2n) is 3.61. The van der Waals surface area contributed by atoms with Gasteiger partial charge in [-0.25, -0.2) is 0 Å². The summed E-state index contributed by atoms with van der Waals surface area (Å²) in [7, 11) is 5.60. The minimum atomic E-state index is 0.421. The molecule has 0 spiro atoms. The summed E-state index contributed by atoms with van der Waals surface area (Å²) in [5.41, 5.74) is 1.61. The molecular formula is C13H9BCl2O. The van der Waals surface area contributed by atoms with Crippen molar-refractivity contribution in [2.75, 3.05) is 0 Å². The van der Waals surface area contributed by atoms with Gasteiger partial charge in [0.15, 0.2) is 0 Å². The molecule has 0 saturated heterocycles. The van der Waals surface area contributed by atoms with E-state index in [1.54, 1.807) is 18.2 Å². The van der Waals surface area contributed by atoms with Crippen LogP contribution in [0.15, 0.2) is 42.5 Å². The van der Waals surface area contributed by atoms with Gasteiger partial charge < -0.3 is 4.74 Å². The van der Waals surface area contributed by atoms with E-state index in [1.807, 2.05) is 24.3 Å². The van der Waals surface area contributed by atoms with Gasteiger partial charge in [0.2, 0.25) is 0 Å². The second-order valence-corrected chi connectivity index (χ2v) is 4.45. The first-order valence-electron chi connectivity index (χ1n) is 5.07. The maximum atomic E-state index is 6.00. The first kappa shape index (κ1) is 12.3. The Morgan fingerprint density at radius 1 is 1.06 bits per heavy atom. The molecular weight excluding hydrogens is 254 g/mol. The van der Waals surface area contributed by atoms with Gasteiger partial charge >= 0.3 is 0 Å². The number of rotatable bonds is 3. The van der Waals surface area contributed by atoms with Crippen LogP contribution in [0.1, 0.15) is 5.56 Å². The van der Waals surface area contributed by atoms with Gasteiger partial charge in [0.1, 0.15) is 20.2 Å². The van der Waals surface area contributed by atoms with Crippen LogP contribution >= 0.6 is 23.2 Å². The average molecular weight is 263 g/mol. The predicted molar refractivity (Wildman–Crippen MR) is 72.6 cm³/mol. The molecule has 0 N–H and O–H groups in total. The fourth-order valence-corrected chi connectivity index (χ4v) is 1.88. The summed E-state index contributed by atoms with van der Waals surface area (Å²) in [4.78, 5) is 0. The van der Waals surface area contributed by atoms with Crippen molar-refractivity contribution in [3.05, 3.63) is 58.1 Å². The summed E-state index contributed by atoms with van der Waals surface area (Å²) in [5.74, 6) is 0.612. The van der Waals surface area contributed by atoms with E-state index < -0.39 is 0 Å². The molecule has 0 aromatic heterocycles. The number of benzene rings is 2. The highest BCUT2D eigenvalue weighted by Crippen LogP contribution is 2.23. The number of ether oxygens (including phenoxy) is 1. The van der Waals surface area contributed by atoms with Crippen LogP contribution in [0.25, 0.3) is 0 Å². The molecule has 0 fully saturated rings. The van der Waals surface area contributed by atoms with Gasteiger partial charge in [-0.05, 0) is 29.8 Å². The van der Waals surface area contributed by atoms with Gasteiger partial charge in [0.05, 0.1) is 5.02 Å². The van der Waals surface area contributed by atoms with E-state index in [0.29, 0.717) is 27.9 Å². The van der Waals surface area contributed by atoms with Crippen LogP contribution in [-0.4, -0.2) is 7.85 Å². The van der Waals surface area contributed by atoms with E-state index in [1.165, 1.54) is 0 Å². The Kier molecular flexibility index (Phi) is 3.98. The summed E-state index contributed by atoms with van der Waals surface area (Å²) in [6, 6.07) is 12.7. The van der Waals surface area contributed by atoms with Crippen molar-refractivity contribution in [3.63, 3.8) is 0 Å². The highest BCUT2D eigenvalue weighted by molar-refractivity contribution is 6.37. The monoisotopic (exact) mass is 262 g/mol. The molecule has 2 radical (unpaired) electrons. The van der Waals surface area contributed by atoms with Gasteiger partial charge in [0.25, 0.3) is 0 Å². The molecule has 0 aliphatic heterocycles. The van der Waals surface area contributed by atoms with Crippen LogP contribution in [0.2, 0.25) is 10.0 Å². The first-order valence-corrected chi connectivity index (χ1v) is 5.83.